The quantitative estimate of drug-likeness (QED) is 0.916. The van der Waals surface area contributed by atoms with Crippen LogP contribution in [0, 0.1) is 5.92 Å². The normalized spacial score (nSPS) is 26.7. The molecule has 3 rings (SSSR count). The molecular weight excluding hydrogens is 254 g/mol. The summed E-state index contributed by atoms with van der Waals surface area (Å²) in [6.07, 6.45) is 1.14. The van der Waals surface area contributed by atoms with Gasteiger partial charge in [0.2, 0.25) is 0 Å². The van der Waals surface area contributed by atoms with Gasteiger partial charge in [-0.3, -0.25) is 4.90 Å². The maximum Gasteiger partial charge on any atom is 0.111 e. The summed E-state index contributed by atoms with van der Waals surface area (Å²) in [5.74, 6) is 0.681. The zero-order valence-corrected chi connectivity index (χ0v) is 12.4. The van der Waals surface area contributed by atoms with Crippen LogP contribution in [0.1, 0.15) is 31.3 Å². The maximum atomic E-state index is 6.15. The van der Waals surface area contributed by atoms with E-state index in [9.17, 15) is 0 Å². The number of hydrogen-bond acceptors (Lipinski definition) is 4. The second-order valence-corrected chi connectivity index (χ2v) is 6.81. The molecule has 1 aromatic carbocycles. The van der Waals surface area contributed by atoms with E-state index in [0.717, 1.165) is 25.0 Å². The van der Waals surface area contributed by atoms with Crippen LogP contribution in [0.3, 0.4) is 0 Å². The SMILES string of the molecule is CC1CC(N)CN(C(C)c2nc3ccccc3s2)C1. The molecule has 2 aromatic rings. The zero-order chi connectivity index (χ0) is 13.4. The summed E-state index contributed by atoms with van der Waals surface area (Å²) < 4.78 is 1.28. The van der Waals surface area contributed by atoms with Crippen LogP contribution < -0.4 is 5.73 Å². The molecule has 3 atom stereocenters. The van der Waals surface area contributed by atoms with E-state index in [0.29, 0.717) is 18.0 Å². The molecule has 1 saturated heterocycles. The monoisotopic (exact) mass is 275 g/mol. The van der Waals surface area contributed by atoms with Gasteiger partial charge in [-0.15, -0.1) is 11.3 Å². The Bertz CT molecular complexity index is 522. The molecular formula is C15H21N3S. The number of fused-ring (bicyclic) bond motifs is 1. The second-order valence-electron chi connectivity index (χ2n) is 5.75. The predicted octanol–water partition coefficient (Wildman–Crippen LogP) is 3.03. The van der Waals surface area contributed by atoms with Crippen LogP contribution in [-0.2, 0) is 0 Å². The number of likely N-dealkylation sites (tertiary alicyclic amines) is 1. The van der Waals surface area contributed by atoms with E-state index in [-0.39, 0.29) is 0 Å². The minimum absolute atomic E-state index is 0.306. The Morgan fingerprint density at radius 1 is 1.37 bits per heavy atom. The molecule has 19 heavy (non-hydrogen) atoms. The van der Waals surface area contributed by atoms with Crippen molar-refractivity contribution in [3.63, 3.8) is 0 Å². The Balaban J connectivity index is 1.84. The van der Waals surface area contributed by atoms with Crippen molar-refractivity contribution >= 4 is 21.6 Å². The summed E-state index contributed by atoms with van der Waals surface area (Å²) in [6, 6.07) is 9.04. The van der Waals surface area contributed by atoms with Gasteiger partial charge in [0.1, 0.15) is 5.01 Å². The fourth-order valence-electron chi connectivity index (χ4n) is 2.98. The van der Waals surface area contributed by atoms with Crippen LogP contribution in [0.5, 0.6) is 0 Å². The van der Waals surface area contributed by atoms with Gasteiger partial charge >= 0.3 is 0 Å². The molecule has 3 unspecified atom stereocenters. The molecule has 4 heteroatoms. The standard InChI is InChI=1S/C15H21N3S/c1-10-7-12(16)9-18(8-10)11(2)15-17-13-5-3-4-6-14(13)19-15/h3-6,10-12H,7-9,16H2,1-2H3. The van der Waals surface area contributed by atoms with Crippen molar-refractivity contribution in [2.75, 3.05) is 13.1 Å². The zero-order valence-electron chi connectivity index (χ0n) is 11.5. The van der Waals surface area contributed by atoms with Crippen LogP contribution in [0.25, 0.3) is 10.2 Å². The molecule has 0 spiro atoms. The third-order valence-corrected chi connectivity index (χ3v) is 5.14. The molecule has 2 N–H and O–H groups in total. The third kappa shape index (κ3) is 2.66. The van der Waals surface area contributed by atoms with E-state index in [2.05, 4.69) is 43.0 Å². The highest BCUT2D eigenvalue weighted by molar-refractivity contribution is 7.18. The summed E-state index contributed by atoms with van der Waals surface area (Å²) in [6.45, 7) is 6.66. The largest absolute Gasteiger partial charge is 0.327 e. The molecule has 1 aliphatic rings. The average molecular weight is 275 g/mol. The molecule has 0 amide bonds. The van der Waals surface area contributed by atoms with Crippen LogP contribution in [0.15, 0.2) is 24.3 Å². The summed E-state index contributed by atoms with van der Waals surface area (Å²) in [4.78, 5) is 7.26. The molecule has 0 aliphatic carbocycles. The van der Waals surface area contributed by atoms with E-state index in [1.165, 1.54) is 9.71 Å². The lowest BCUT2D eigenvalue weighted by atomic mass is 9.95. The number of aromatic nitrogens is 1. The van der Waals surface area contributed by atoms with Crippen molar-refractivity contribution in [2.45, 2.75) is 32.4 Å². The van der Waals surface area contributed by atoms with Crippen molar-refractivity contribution in [2.24, 2.45) is 11.7 Å². The first-order valence-corrected chi connectivity index (χ1v) is 7.80. The van der Waals surface area contributed by atoms with Crippen LogP contribution in [0.2, 0.25) is 0 Å². The molecule has 1 fully saturated rings. The fourth-order valence-corrected chi connectivity index (χ4v) is 4.04. The number of thiazole rings is 1. The van der Waals surface area contributed by atoms with E-state index in [1.807, 2.05) is 11.3 Å². The van der Waals surface area contributed by atoms with Crippen molar-refractivity contribution in [1.29, 1.82) is 0 Å². The Morgan fingerprint density at radius 3 is 2.89 bits per heavy atom. The van der Waals surface area contributed by atoms with Gasteiger partial charge < -0.3 is 5.73 Å². The van der Waals surface area contributed by atoms with Gasteiger partial charge in [-0.1, -0.05) is 19.1 Å². The second kappa shape index (κ2) is 5.19. The molecule has 1 aromatic heterocycles. The van der Waals surface area contributed by atoms with Gasteiger partial charge in [0.25, 0.3) is 0 Å². The Hall–Kier alpha value is -0.970. The van der Waals surface area contributed by atoms with Crippen LogP contribution in [0.4, 0.5) is 0 Å². The minimum Gasteiger partial charge on any atom is -0.327 e. The number of nitrogens with two attached hydrogens (primary N) is 1. The number of piperidine rings is 1. The predicted molar refractivity (Wildman–Crippen MR) is 81.4 cm³/mol. The average Bonchev–Trinajstić information content (AvgIpc) is 2.80. The highest BCUT2D eigenvalue weighted by Crippen LogP contribution is 2.31. The number of hydrogen-bond donors (Lipinski definition) is 1. The van der Waals surface area contributed by atoms with Gasteiger partial charge in [0, 0.05) is 19.1 Å². The number of rotatable bonds is 2. The molecule has 3 nitrogen and oxygen atoms in total. The smallest absolute Gasteiger partial charge is 0.111 e. The minimum atomic E-state index is 0.306. The molecule has 1 aliphatic heterocycles. The Morgan fingerprint density at radius 2 is 2.16 bits per heavy atom. The summed E-state index contributed by atoms with van der Waals surface area (Å²) in [7, 11) is 0. The highest BCUT2D eigenvalue weighted by Gasteiger charge is 2.27. The third-order valence-electron chi connectivity index (χ3n) is 3.94. The number of benzene rings is 1. The molecule has 2 heterocycles. The highest BCUT2D eigenvalue weighted by atomic mass is 32.1. The summed E-state index contributed by atoms with van der Waals surface area (Å²) >= 11 is 1.81. The topological polar surface area (TPSA) is 42.1 Å². The molecule has 0 bridgehead atoms. The summed E-state index contributed by atoms with van der Waals surface area (Å²) in [5.41, 5.74) is 7.26. The lowest BCUT2D eigenvalue weighted by Crippen LogP contribution is -2.47. The number of nitrogens with zero attached hydrogens (tertiary/aromatic N) is 2. The lowest BCUT2D eigenvalue weighted by molar-refractivity contribution is 0.124. The molecule has 0 saturated carbocycles. The number of para-hydroxylation sites is 1. The van der Waals surface area contributed by atoms with Crippen LogP contribution >= 0.6 is 11.3 Å². The van der Waals surface area contributed by atoms with Gasteiger partial charge in [-0.05, 0) is 31.4 Å². The Labute approximate surface area is 118 Å². The fraction of sp³-hybridized carbons (Fsp3) is 0.533. The summed E-state index contributed by atoms with van der Waals surface area (Å²) in [5, 5.41) is 1.21. The van der Waals surface area contributed by atoms with E-state index in [4.69, 9.17) is 10.7 Å². The van der Waals surface area contributed by atoms with E-state index < -0.39 is 0 Å². The van der Waals surface area contributed by atoms with Crippen molar-refractivity contribution in [3.8, 4) is 0 Å². The first kappa shape index (κ1) is 13.0. The first-order chi connectivity index (χ1) is 9.13. The van der Waals surface area contributed by atoms with E-state index >= 15 is 0 Å². The lowest BCUT2D eigenvalue weighted by Gasteiger charge is -2.37. The van der Waals surface area contributed by atoms with Crippen molar-refractivity contribution < 1.29 is 0 Å². The van der Waals surface area contributed by atoms with E-state index in [1.54, 1.807) is 0 Å². The Kier molecular flexibility index (Phi) is 3.56. The maximum absolute atomic E-state index is 6.15. The van der Waals surface area contributed by atoms with Crippen molar-refractivity contribution in [1.82, 2.24) is 9.88 Å². The first-order valence-electron chi connectivity index (χ1n) is 6.98. The van der Waals surface area contributed by atoms with Gasteiger partial charge in [-0.25, -0.2) is 4.98 Å². The van der Waals surface area contributed by atoms with Crippen LogP contribution in [-0.4, -0.2) is 29.0 Å². The van der Waals surface area contributed by atoms with Gasteiger partial charge in [-0.2, -0.15) is 0 Å². The molecule has 102 valence electrons. The molecule has 0 radical (unpaired) electrons. The van der Waals surface area contributed by atoms with Gasteiger partial charge in [0.05, 0.1) is 16.3 Å². The van der Waals surface area contributed by atoms with Crippen molar-refractivity contribution in [3.05, 3.63) is 29.3 Å². The van der Waals surface area contributed by atoms with Gasteiger partial charge in [0.15, 0.2) is 0 Å².